The van der Waals surface area contributed by atoms with Gasteiger partial charge in [-0.25, -0.2) is 4.79 Å². The molecule has 7 nitrogen and oxygen atoms in total. The number of imide groups is 1. The highest BCUT2D eigenvalue weighted by Crippen LogP contribution is 2.18. The number of carbonyl (C=O) groups excluding carboxylic acids is 4. The summed E-state index contributed by atoms with van der Waals surface area (Å²) < 4.78 is 5.01. The summed E-state index contributed by atoms with van der Waals surface area (Å²) in [5, 5.41) is 4.75. The highest BCUT2D eigenvalue weighted by Gasteiger charge is 2.26. The van der Waals surface area contributed by atoms with Gasteiger partial charge in [0.05, 0.1) is 6.42 Å². The minimum atomic E-state index is -1.11. The molecule has 0 spiro atoms. The number of rotatable bonds is 11. The second-order valence-corrected chi connectivity index (χ2v) is 7.45. The van der Waals surface area contributed by atoms with Gasteiger partial charge in [0.15, 0.2) is 11.9 Å². The molecule has 1 aromatic rings. The quantitative estimate of drug-likeness (QED) is 0.336. The predicted octanol–water partition coefficient (Wildman–Crippen LogP) is 3.30. The summed E-state index contributed by atoms with van der Waals surface area (Å²) in [4.78, 5) is 47.6. The smallest absolute Gasteiger partial charge is 0.321 e. The molecule has 0 radical (unpaired) electrons. The number of Topliss-reactive ketones (excluding diaryl/α,β-unsaturated/α-hetero) is 1. The van der Waals surface area contributed by atoms with E-state index in [-0.39, 0.29) is 24.7 Å². The van der Waals surface area contributed by atoms with E-state index in [1.807, 2.05) is 12.1 Å². The molecule has 0 heterocycles. The van der Waals surface area contributed by atoms with Crippen LogP contribution in [0.2, 0.25) is 0 Å². The van der Waals surface area contributed by atoms with Crippen molar-refractivity contribution in [3.63, 3.8) is 0 Å². The highest BCUT2D eigenvalue weighted by atomic mass is 16.5. The molecule has 0 saturated heterocycles. The maximum Gasteiger partial charge on any atom is 0.321 e. The van der Waals surface area contributed by atoms with E-state index in [9.17, 15) is 19.2 Å². The number of amides is 3. The second-order valence-electron chi connectivity index (χ2n) is 7.45. The Morgan fingerprint density at radius 2 is 1.76 bits per heavy atom. The molecule has 1 fully saturated rings. The van der Waals surface area contributed by atoms with Gasteiger partial charge in [0.25, 0.3) is 5.91 Å². The first-order valence-corrected chi connectivity index (χ1v) is 10.3. The molecule has 158 valence electrons. The van der Waals surface area contributed by atoms with Crippen molar-refractivity contribution in [2.75, 3.05) is 0 Å². The van der Waals surface area contributed by atoms with Gasteiger partial charge in [-0.05, 0) is 38.2 Å². The molecule has 2 N–H and O–H groups in total. The fourth-order valence-electron chi connectivity index (χ4n) is 2.77. The number of urea groups is 1. The molecule has 1 aliphatic carbocycles. The SMILES string of the molecule is CCCCCc1ccc(C(=O)CCC(=O)OC(C)C(=O)NC(=O)NC2CC2)cc1. The van der Waals surface area contributed by atoms with Crippen LogP contribution in [0.25, 0.3) is 0 Å². The zero-order valence-electron chi connectivity index (χ0n) is 17.2. The first kappa shape index (κ1) is 22.6. The van der Waals surface area contributed by atoms with E-state index < -0.39 is 24.0 Å². The highest BCUT2D eigenvalue weighted by molar-refractivity contribution is 5.99. The van der Waals surface area contributed by atoms with E-state index in [2.05, 4.69) is 17.6 Å². The van der Waals surface area contributed by atoms with Crippen molar-refractivity contribution in [3.8, 4) is 0 Å². The fourth-order valence-corrected chi connectivity index (χ4v) is 2.77. The standard InChI is InChI=1S/C22H30N2O5/c1-3-4-5-6-16-7-9-17(10-8-16)19(25)13-14-20(26)29-15(2)21(27)24-22(28)23-18-11-12-18/h7-10,15,18H,3-6,11-14H2,1-2H3,(H2,23,24,27,28). The van der Waals surface area contributed by atoms with Crippen LogP contribution in [0.1, 0.15) is 74.7 Å². The first-order valence-electron chi connectivity index (χ1n) is 10.3. The summed E-state index contributed by atoms with van der Waals surface area (Å²) in [7, 11) is 0. The van der Waals surface area contributed by atoms with Crippen molar-refractivity contribution in [1.82, 2.24) is 10.6 Å². The lowest BCUT2D eigenvalue weighted by atomic mass is 10.0. The van der Waals surface area contributed by atoms with E-state index in [0.29, 0.717) is 5.56 Å². The van der Waals surface area contributed by atoms with Gasteiger partial charge in [0, 0.05) is 18.0 Å². The minimum absolute atomic E-state index is 0.00448. The molecule has 1 aliphatic rings. The third kappa shape index (κ3) is 8.46. The number of ketones is 1. The number of hydrogen-bond donors (Lipinski definition) is 2. The van der Waals surface area contributed by atoms with Crippen molar-refractivity contribution in [3.05, 3.63) is 35.4 Å². The maximum absolute atomic E-state index is 12.3. The molecule has 0 aliphatic heterocycles. The van der Waals surface area contributed by atoms with E-state index in [4.69, 9.17) is 4.74 Å². The number of carbonyl (C=O) groups is 4. The van der Waals surface area contributed by atoms with Crippen LogP contribution in [0.5, 0.6) is 0 Å². The van der Waals surface area contributed by atoms with E-state index in [1.54, 1.807) is 12.1 Å². The normalized spacial score (nSPS) is 14.0. The molecular weight excluding hydrogens is 372 g/mol. The molecule has 2 rings (SSSR count). The third-order valence-electron chi connectivity index (χ3n) is 4.73. The summed E-state index contributed by atoms with van der Waals surface area (Å²) in [5.41, 5.74) is 1.75. The van der Waals surface area contributed by atoms with E-state index in [1.165, 1.54) is 25.3 Å². The number of unbranched alkanes of at least 4 members (excludes halogenated alkanes) is 2. The number of ether oxygens (including phenoxy) is 1. The van der Waals surface area contributed by atoms with Crippen LogP contribution < -0.4 is 10.6 Å². The number of aryl methyl sites for hydroxylation is 1. The topological polar surface area (TPSA) is 102 Å². The van der Waals surface area contributed by atoms with Gasteiger partial charge in [0.2, 0.25) is 0 Å². The number of esters is 1. The molecule has 7 heteroatoms. The molecule has 0 bridgehead atoms. The van der Waals surface area contributed by atoms with Gasteiger partial charge in [-0.3, -0.25) is 19.7 Å². The van der Waals surface area contributed by atoms with Crippen molar-refractivity contribution < 1.29 is 23.9 Å². The fraction of sp³-hybridized carbons (Fsp3) is 0.545. The lowest BCUT2D eigenvalue weighted by Crippen LogP contribution is -2.45. The van der Waals surface area contributed by atoms with Crippen LogP contribution in [0.15, 0.2) is 24.3 Å². The van der Waals surface area contributed by atoms with Crippen LogP contribution >= 0.6 is 0 Å². The maximum atomic E-state index is 12.3. The average molecular weight is 402 g/mol. The first-order chi connectivity index (χ1) is 13.9. The average Bonchev–Trinajstić information content (AvgIpc) is 3.50. The lowest BCUT2D eigenvalue weighted by Gasteiger charge is -2.13. The third-order valence-corrected chi connectivity index (χ3v) is 4.73. The Morgan fingerprint density at radius 3 is 2.38 bits per heavy atom. The summed E-state index contributed by atoms with van der Waals surface area (Å²) in [6.07, 6.45) is 5.06. The van der Waals surface area contributed by atoms with Gasteiger partial charge >= 0.3 is 12.0 Å². The zero-order chi connectivity index (χ0) is 21.2. The predicted molar refractivity (Wildman–Crippen MR) is 108 cm³/mol. The minimum Gasteiger partial charge on any atom is -0.453 e. The molecule has 1 saturated carbocycles. The van der Waals surface area contributed by atoms with Crippen molar-refractivity contribution in [2.45, 2.75) is 77.4 Å². The second kappa shape index (κ2) is 11.3. The Hall–Kier alpha value is -2.70. The molecule has 1 aromatic carbocycles. The van der Waals surface area contributed by atoms with Gasteiger partial charge in [-0.2, -0.15) is 0 Å². The van der Waals surface area contributed by atoms with Crippen molar-refractivity contribution >= 4 is 23.7 Å². The zero-order valence-corrected chi connectivity index (χ0v) is 17.2. The molecular formula is C22H30N2O5. The Kier molecular flexibility index (Phi) is 8.83. The largest absolute Gasteiger partial charge is 0.453 e. The molecule has 1 unspecified atom stereocenters. The number of nitrogens with one attached hydrogen (secondary N) is 2. The lowest BCUT2D eigenvalue weighted by molar-refractivity contribution is -0.154. The van der Waals surface area contributed by atoms with Crippen LogP contribution in [0.4, 0.5) is 4.79 Å². The Labute approximate surface area is 171 Å². The van der Waals surface area contributed by atoms with Crippen molar-refractivity contribution in [2.24, 2.45) is 0 Å². The summed E-state index contributed by atoms with van der Waals surface area (Å²) >= 11 is 0. The number of benzene rings is 1. The van der Waals surface area contributed by atoms with E-state index in [0.717, 1.165) is 25.7 Å². The van der Waals surface area contributed by atoms with Crippen molar-refractivity contribution in [1.29, 1.82) is 0 Å². The molecule has 3 amide bonds. The van der Waals surface area contributed by atoms with Crippen LogP contribution in [-0.4, -0.2) is 35.8 Å². The summed E-state index contributed by atoms with van der Waals surface area (Å²) in [6, 6.07) is 6.99. The Balaban J connectivity index is 1.69. The van der Waals surface area contributed by atoms with Gasteiger partial charge in [-0.15, -0.1) is 0 Å². The van der Waals surface area contributed by atoms with Crippen LogP contribution in [0.3, 0.4) is 0 Å². The molecule has 29 heavy (non-hydrogen) atoms. The van der Waals surface area contributed by atoms with Gasteiger partial charge in [-0.1, -0.05) is 44.0 Å². The molecule has 1 atom stereocenters. The summed E-state index contributed by atoms with van der Waals surface area (Å²) in [5.74, 6) is -1.50. The van der Waals surface area contributed by atoms with Crippen LogP contribution in [-0.2, 0) is 20.7 Å². The Bertz CT molecular complexity index is 725. The Morgan fingerprint density at radius 1 is 1.07 bits per heavy atom. The monoisotopic (exact) mass is 402 g/mol. The van der Waals surface area contributed by atoms with Gasteiger partial charge in [0.1, 0.15) is 0 Å². The molecule has 0 aromatic heterocycles. The van der Waals surface area contributed by atoms with Crippen LogP contribution in [0, 0.1) is 0 Å². The summed E-state index contributed by atoms with van der Waals surface area (Å²) in [6.45, 7) is 3.54. The number of hydrogen-bond acceptors (Lipinski definition) is 5. The van der Waals surface area contributed by atoms with Gasteiger partial charge < -0.3 is 10.1 Å². The van der Waals surface area contributed by atoms with E-state index >= 15 is 0 Å².